The van der Waals surface area contributed by atoms with Crippen LogP contribution in [0.25, 0.3) is 0 Å². The number of fused-ring (bicyclic) bond motifs is 3. The van der Waals surface area contributed by atoms with E-state index >= 15 is 0 Å². The van der Waals surface area contributed by atoms with Gasteiger partial charge in [0.25, 0.3) is 0 Å². The second-order valence-electron chi connectivity index (χ2n) is 7.81. The first-order valence-electron chi connectivity index (χ1n) is 9.71. The third-order valence-corrected chi connectivity index (χ3v) is 6.22. The summed E-state index contributed by atoms with van der Waals surface area (Å²) in [5.41, 5.74) is 0.869. The van der Waals surface area contributed by atoms with Crippen LogP contribution in [0.1, 0.15) is 11.6 Å². The van der Waals surface area contributed by atoms with Crippen molar-refractivity contribution in [2.75, 3.05) is 66.6 Å². The SMILES string of the molecule is COCCN1CCN(C(=O)[C@@H]2CN(C)[C@H]3c4cc(F)ccc4OC[C@@H]23)CC1. The number of rotatable bonds is 4. The van der Waals surface area contributed by atoms with Crippen molar-refractivity contribution in [3.05, 3.63) is 29.6 Å². The van der Waals surface area contributed by atoms with Crippen molar-refractivity contribution < 1.29 is 18.7 Å². The van der Waals surface area contributed by atoms with E-state index in [1.165, 1.54) is 6.07 Å². The highest BCUT2D eigenvalue weighted by Gasteiger charge is 2.48. The molecule has 148 valence electrons. The summed E-state index contributed by atoms with van der Waals surface area (Å²) in [5, 5.41) is 0. The van der Waals surface area contributed by atoms with Crippen LogP contribution in [-0.2, 0) is 9.53 Å². The van der Waals surface area contributed by atoms with Gasteiger partial charge in [0.15, 0.2) is 0 Å². The Morgan fingerprint density at radius 3 is 2.81 bits per heavy atom. The fourth-order valence-corrected chi connectivity index (χ4v) is 4.76. The number of ether oxygens (including phenoxy) is 2. The Morgan fingerprint density at radius 2 is 2.07 bits per heavy atom. The fourth-order valence-electron chi connectivity index (χ4n) is 4.76. The molecule has 0 unspecified atom stereocenters. The topological polar surface area (TPSA) is 45.2 Å². The molecule has 3 atom stereocenters. The summed E-state index contributed by atoms with van der Waals surface area (Å²) in [7, 11) is 3.73. The van der Waals surface area contributed by atoms with Gasteiger partial charge in [-0.2, -0.15) is 0 Å². The van der Waals surface area contributed by atoms with Crippen LogP contribution in [0.4, 0.5) is 4.39 Å². The molecule has 6 nitrogen and oxygen atoms in total. The van der Waals surface area contributed by atoms with E-state index in [4.69, 9.17) is 9.47 Å². The lowest BCUT2D eigenvalue weighted by Gasteiger charge is -2.37. The molecule has 1 aromatic rings. The second-order valence-corrected chi connectivity index (χ2v) is 7.81. The molecular weight excluding hydrogens is 349 g/mol. The van der Waals surface area contributed by atoms with Crippen LogP contribution < -0.4 is 4.74 Å². The standard InChI is InChI=1S/C20H28FN3O3/c1-22-12-16(20(25)24-7-5-23(6-8-24)9-10-26-2)17-13-27-18-4-3-14(21)11-15(18)19(17)22/h3-4,11,16-17,19H,5-10,12-13H2,1-2H3/t16-,17+,19+/m1/s1. The summed E-state index contributed by atoms with van der Waals surface area (Å²) in [6.45, 7) is 6.12. The Bertz CT molecular complexity index is 693. The molecule has 3 heterocycles. The number of benzene rings is 1. The van der Waals surface area contributed by atoms with Crippen LogP contribution in [0, 0.1) is 17.7 Å². The Hall–Kier alpha value is -1.70. The van der Waals surface area contributed by atoms with E-state index in [1.807, 2.05) is 11.9 Å². The summed E-state index contributed by atoms with van der Waals surface area (Å²) >= 11 is 0. The number of hydrogen-bond donors (Lipinski definition) is 0. The van der Waals surface area contributed by atoms with Gasteiger partial charge < -0.3 is 14.4 Å². The zero-order valence-electron chi connectivity index (χ0n) is 16.1. The van der Waals surface area contributed by atoms with Crippen LogP contribution in [0.3, 0.4) is 0 Å². The number of halogens is 1. The summed E-state index contributed by atoms with van der Waals surface area (Å²) in [6, 6.07) is 4.73. The van der Waals surface area contributed by atoms with Crippen LogP contribution in [0.2, 0.25) is 0 Å². The van der Waals surface area contributed by atoms with Crippen molar-refractivity contribution in [3.63, 3.8) is 0 Å². The third kappa shape index (κ3) is 3.56. The zero-order valence-corrected chi connectivity index (χ0v) is 16.1. The summed E-state index contributed by atoms with van der Waals surface area (Å²) in [6.07, 6.45) is 0. The molecule has 2 fully saturated rings. The van der Waals surface area contributed by atoms with Gasteiger partial charge in [0.05, 0.1) is 19.1 Å². The number of hydrogen-bond acceptors (Lipinski definition) is 5. The second kappa shape index (κ2) is 7.73. The van der Waals surface area contributed by atoms with Crippen molar-refractivity contribution in [3.8, 4) is 5.75 Å². The lowest BCUT2D eigenvalue weighted by Crippen LogP contribution is -2.52. The normalized spacial score (nSPS) is 28.6. The number of amides is 1. The minimum Gasteiger partial charge on any atom is -0.493 e. The lowest BCUT2D eigenvalue weighted by molar-refractivity contribution is -0.138. The number of nitrogens with zero attached hydrogens (tertiary/aromatic N) is 3. The molecule has 0 aromatic heterocycles. The number of methoxy groups -OCH3 is 1. The molecule has 1 amide bonds. The van der Waals surface area contributed by atoms with Crippen molar-refractivity contribution >= 4 is 5.91 Å². The maximum Gasteiger partial charge on any atom is 0.227 e. The molecule has 3 aliphatic rings. The summed E-state index contributed by atoms with van der Waals surface area (Å²) < 4.78 is 24.8. The lowest BCUT2D eigenvalue weighted by atomic mass is 9.84. The molecule has 2 saturated heterocycles. The molecule has 0 N–H and O–H groups in total. The molecule has 7 heteroatoms. The van der Waals surface area contributed by atoms with Crippen LogP contribution >= 0.6 is 0 Å². The molecule has 4 rings (SSSR count). The first kappa shape index (κ1) is 18.7. The van der Waals surface area contributed by atoms with Crippen molar-refractivity contribution in [1.29, 1.82) is 0 Å². The fraction of sp³-hybridized carbons (Fsp3) is 0.650. The summed E-state index contributed by atoms with van der Waals surface area (Å²) in [4.78, 5) is 19.7. The number of piperazine rings is 1. The molecule has 0 radical (unpaired) electrons. The van der Waals surface area contributed by atoms with Gasteiger partial charge in [-0.15, -0.1) is 0 Å². The van der Waals surface area contributed by atoms with Crippen LogP contribution in [-0.4, -0.2) is 87.2 Å². The maximum absolute atomic E-state index is 13.8. The van der Waals surface area contributed by atoms with Gasteiger partial charge >= 0.3 is 0 Å². The van der Waals surface area contributed by atoms with Crippen molar-refractivity contribution in [2.45, 2.75) is 6.04 Å². The highest BCUT2D eigenvalue weighted by Crippen LogP contribution is 2.47. The Kier molecular flexibility index (Phi) is 5.34. The summed E-state index contributed by atoms with van der Waals surface area (Å²) in [5.74, 6) is 0.673. The quantitative estimate of drug-likeness (QED) is 0.790. The molecule has 0 spiro atoms. The average molecular weight is 377 g/mol. The first-order valence-corrected chi connectivity index (χ1v) is 9.71. The highest BCUT2D eigenvalue weighted by atomic mass is 19.1. The predicted molar refractivity (Wildman–Crippen MR) is 99.1 cm³/mol. The zero-order chi connectivity index (χ0) is 19.0. The number of carbonyl (C=O) groups is 1. The predicted octanol–water partition coefficient (Wildman–Crippen LogP) is 1.23. The molecule has 0 saturated carbocycles. The van der Waals surface area contributed by atoms with E-state index in [0.717, 1.165) is 50.6 Å². The number of likely N-dealkylation sites (tertiary alicyclic amines) is 1. The van der Waals surface area contributed by atoms with Gasteiger partial charge in [-0.3, -0.25) is 14.6 Å². The third-order valence-electron chi connectivity index (χ3n) is 6.22. The van der Waals surface area contributed by atoms with Crippen molar-refractivity contribution in [1.82, 2.24) is 14.7 Å². The average Bonchev–Trinajstić information content (AvgIpc) is 3.03. The molecule has 27 heavy (non-hydrogen) atoms. The van der Waals surface area contributed by atoms with Crippen molar-refractivity contribution in [2.24, 2.45) is 11.8 Å². The van der Waals surface area contributed by atoms with Crippen LogP contribution in [0.5, 0.6) is 5.75 Å². The number of carbonyl (C=O) groups excluding carboxylic acids is 1. The van der Waals surface area contributed by atoms with E-state index in [2.05, 4.69) is 9.80 Å². The molecular formula is C20H28FN3O3. The van der Waals surface area contributed by atoms with E-state index in [9.17, 15) is 9.18 Å². The van der Waals surface area contributed by atoms with Crippen LogP contribution in [0.15, 0.2) is 18.2 Å². The van der Waals surface area contributed by atoms with E-state index in [-0.39, 0.29) is 29.6 Å². The van der Waals surface area contributed by atoms with Gasteiger partial charge in [-0.05, 0) is 25.2 Å². The largest absolute Gasteiger partial charge is 0.493 e. The van der Waals surface area contributed by atoms with E-state index in [1.54, 1.807) is 19.2 Å². The smallest absolute Gasteiger partial charge is 0.227 e. The monoisotopic (exact) mass is 377 g/mol. The van der Waals surface area contributed by atoms with E-state index in [0.29, 0.717) is 13.2 Å². The molecule has 3 aliphatic heterocycles. The van der Waals surface area contributed by atoms with Gasteiger partial charge in [0.1, 0.15) is 11.6 Å². The minimum atomic E-state index is -0.256. The molecule has 0 bridgehead atoms. The van der Waals surface area contributed by atoms with Gasteiger partial charge in [0.2, 0.25) is 5.91 Å². The van der Waals surface area contributed by atoms with E-state index < -0.39 is 0 Å². The highest BCUT2D eigenvalue weighted by molar-refractivity contribution is 5.80. The van der Waals surface area contributed by atoms with Gasteiger partial charge in [-0.1, -0.05) is 0 Å². The first-order chi connectivity index (χ1) is 13.1. The van der Waals surface area contributed by atoms with Gasteiger partial charge in [-0.25, -0.2) is 4.39 Å². The van der Waals surface area contributed by atoms with Gasteiger partial charge in [0, 0.05) is 63.9 Å². The molecule has 1 aromatic carbocycles. The Morgan fingerprint density at radius 1 is 1.30 bits per heavy atom. The Balaban J connectivity index is 1.44. The molecule has 0 aliphatic carbocycles. The maximum atomic E-state index is 13.8. The minimum absolute atomic E-state index is 0.0430. The Labute approximate surface area is 159 Å².